The molecule has 112 valence electrons. The Morgan fingerprint density at radius 2 is 1.90 bits per heavy atom. The number of aryl methyl sites for hydroxylation is 1. The zero-order valence-electron chi connectivity index (χ0n) is 12.9. The van der Waals surface area contributed by atoms with Gasteiger partial charge in [0.05, 0.1) is 5.69 Å². The number of nitrogens with zero attached hydrogens (tertiary/aromatic N) is 2. The van der Waals surface area contributed by atoms with Gasteiger partial charge < -0.3 is 10.2 Å². The molecule has 0 spiro atoms. The number of nitrogens with one attached hydrogen (secondary N) is 1. The zero-order chi connectivity index (χ0) is 15.2. The van der Waals surface area contributed by atoms with Crippen LogP contribution < -0.4 is 10.2 Å². The molecule has 0 saturated carbocycles. The molecule has 2 rings (SSSR count). The number of halogens is 1. The Morgan fingerprint density at radius 3 is 2.52 bits per heavy atom. The van der Waals surface area contributed by atoms with Crippen molar-refractivity contribution in [1.29, 1.82) is 0 Å². The number of anilines is 2. The lowest BCUT2D eigenvalue weighted by atomic mass is 10.2. The molecule has 1 aromatic heterocycles. The van der Waals surface area contributed by atoms with Crippen molar-refractivity contribution in [3.63, 3.8) is 0 Å². The molecule has 0 bridgehead atoms. The number of aromatic nitrogens is 1. The quantitative estimate of drug-likeness (QED) is 0.876. The Bertz CT molecular complexity index is 598. The van der Waals surface area contributed by atoms with Crippen molar-refractivity contribution in [2.45, 2.75) is 27.3 Å². The SMILES string of the molecule is CCNCc1ccc(N(CC)c2ccccc2F)nc1C. The largest absolute Gasteiger partial charge is 0.324 e. The van der Waals surface area contributed by atoms with E-state index >= 15 is 0 Å². The van der Waals surface area contributed by atoms with Crippen LogP contribution in [-0.2, 0) is 6.54 Å². The van der Waals surface area contributed by atoms with Crippen molar-refractivity contribution in [1.82, 2.24) is 10.3 Å². The average molecular weight is 287 g/mol. The van der Waals surface area contributed by atoms with Crippen molar-refractivity contribution in [3.8, 4) is 0 Å². The van der Waals surface area contributed by atoms with Gasteiger partial charge in [-0.15, -0.1) is 0 Å². The zero-order valence-corrected chi connectivity index (χ0v) is 12.9. The summed E-state index contributed by atoms with van der Waals surface area (Å²) < 4.78 is 14.0. The number of hydrogen-bond acceptors (Lipinski definition) is 3. The van der Waals surface area contributed by atoms with Crippen LogP contribution in [0, 0.1) is 12.7 Å². The first kappa shape index (κ1) is 15.4. The van der Waals surface area contributed by atoms with Gasteiger partial charge in [-0.25, -0.2) is 9.37 Å². The molecule has 0 atom stereocenters. The number of para-hydroxylation sites is 1. The van der Waals surface area contributed by atoms with Crippen LogP contribution in [0.2, 0.25) is 0 Å². The predicted octanol–water partition coefficient (Wildman–Crippen LogP) is 3.80. The fraction of sp³-hybridized carbons (Fsp3) is 0.353. The topological polar surface area (TPSA) is 28.2 Å². The van der Waals surface area contributed by atoms with E-state index in [-0.39, 0.29) is 5.82 Å². The van der Waals surface area contributed by atoms with Crippen molar-refractivity contribution in [3.05, 3.63) is 53.5 Å². The molecule has 0 aliphatic heterocycles. The molecular weight excluding hydrogens is 265 g/mol. The van der Waals surface area contributed by atoms with Crippen LogP contribution in [0.3, 0.4) is 0 Å². The second kappa shape index (κ2) is 7.18. The van der Waals surface area contributed by atoms with E-state index in [4.69, 9.17) is 0 Å². The summed E-state index contributed by atoms with van der Waals surface area (Å²) in [6.07, 6.45) is 0. The van der Waals surface area contributed by atoms with Gasteiger partial charge in [-0.1, -0.05) is 25.1 Å². The molecule has 0 aliphatic rings. The van der Waals surface area contributed by atoms with E-state index in [1.165, 1.54) is 11.6 Å². The van der Waals surface area contributed by atoms with Gasteiger partial charge in [0.25, 0.3) is 0 Å². The maximum absolute atomic E-state index is 14.0. The number of benzene rings is 1. The third-order valence-corrected chi connectivity index (χ3v) is 3.48. The minimum absolute atomic E-state index is 0.226. The van der Waals surface area contributed by atoms with E-state index in [2.05, 4.69) is 23.3 Å². The summed E-state index contributed by atoms with van der Waals surface area (Å²) in [5.74, 6) is 0.552. The Labute approximate surface area is 125 Å². The number of rotatable bonds is 6. The molecule has 1 aromatic carbocycles. The Balaban J connectivity index is 2.31. The first-order valence-electron chi connectivity index (χ1n) is 7.36. The number of hydrogen-bond donors (Lipinski definition) is 1. The smallest absolute Gasteiger partial charge is 0.146 e. The molecule has 0 amide bonds. The Kier molecular flexibility index (Phi) is 5.28. The molecular formula is C17H22FN3. The average Bonchev–Trinajstić information content (AvgIpc) is 2.49. The predicted molar refractivity (Wildman–Crippen MR) is 85.4 cm³/mol. The Morgan fingerprint density at radius 1 is 1.14 bits per heavy atom. The van der Waals surface area contributed by atoms with Crippen LogP contribution in [0.25, 0.3) is 0 Å². The van der Waals surface area contributed by atoms with Crippen molar-refractivity contribution in [2.75, 3.05) is 18.0 Å². The third kappa shape index (κ3) is 3.58. The second-order valence-electron chi connectivity index (χ2n) is 4.89. The lowest BCUT2D eigenvalue weighted by Gasteiger charge is -2.23. The minimum atomic E-state index is -0.226. The normalized spacial score (nSPS) is 10.7. The summed E-state index contributed by atoms with van der Waals surface area (Å²) >= 11 is 0. The van der Waals surface area contributed by atoms with Crippen molar-refractivity contribution < 1.29 is 4.39 Å². The standard InChI is InChI=1S/C17H22FN3/c1-4-19-12-14-10-11-17(20-13(14)3)21(5-2)16-9-7-6-8-15(16)18/h6-11,19H,4-5,12H2,1-3H3. The summed E-state index contributed by atoms with van der Waals surface area (Å²) in [4.78, 5) is 6.52. The van der Waals surface area contributed by atoms with Gasteiger partial charge in [0, 0.05) is 18.8 Å². The van der Waals surface area contributed by atoms with Crippen LogP contribution in [0.15, 0.2) is 36.4 Å². The summed E-state index contributed by atoms with van der Waals surface area (Å²) in [6.45, 7) is 8.47. The van der Waals surface area contributed by atoms with Crippen LogP contribution in [0.5, 0.6) is 0 Å². The first-order valence-corrected chi connectivity index (χ1v) is 7.36. The van der Waals surface area contributed by atoms with E-state index in [0.717, 1.165) is 24.6 Å². The van der Waals surface area contributed by atoms with Crippen LogP contribution >= 0.6 is 0 Å². The molecule has 0 aliphatic carbocycles. The van der Waals surface area contributed by atoms with Crippen LogP contribution in [-0.4, -0.2) is 18.1 Å². The lowest BCUT2D eigenvalue weighted by Crippen LogP contribution is -2.20. The highest BCUT2D eigenvalue weighted by molar-refractivity contribution is 5.60. The maximum atomic E-state index is 14.0. The van der Waals surface area contributed by atoms with Crippen molar-refractivity contribution in [2.24, 2.45) is 0 Å². The van der Waals surface area contributed by atoms with Gasteiger partial charge >= 0.3 is 0 Å². The van der Waals surface area contributed by atoms with Crippen molar-refractivity contribution >= 4 is 11.5 Å². The lowest BCUT2D eigenvalue weighted by molar-refractivity contribution is 0.625. The maximum Gasteiger partial charge on any atom is 0.146 e. The van der Waals surface area contributed by atoms with E-state index < -0.39 is 0 Å². The molecule has 3 nitrogen and oxygen atoms in total. The molecule has 1 N–H and O–H groups in total. The van der Waals surface area contributed by atoms with Gasteiger partial charge in [-0.05, 0) is 44.2 Å². The molecule has 0 unspecified atom stereocenters. The summed E-state index contributed by atoms with van der Waals surface area (Å²) in [5, 5.41) is 3.30. The molecule has 0 fully saturated rings. The molecule has 2 aromatic rings. The van der Waals surface area contributed by atoms with Gasteiger partial charge in [-0.2, -0.15) is 0 Å². The molecule has 0 saturated heterocycles. The molecule has 0 radical (unpaired) electrons. The van der Waals surface area contributed by atoms with Gasteiger partial charge in [-0.3, -0.25) is 0 Å². The molecule has 1 heterocycles. The van der Waals surface area contributed by atoms with E-state index in [0.29, 0.717) is 12.2 Å². The summed E-state index contributed by atoms with van der Waals surface area (Å²) in [5.41, 5.74) is 2.71. The number of pyridine rings is 1. The van der Waals surface area contributed by atoms with Gasteiger partial charge in [0.15, 0.2) is 0 Å². The highest BCUT2D eigenvalue weighted by atomic mass is 19.1. The van der Waals surface area contributed by atoms with E-state index in [9.17, 15) is 4.39 Å². The van der Waals surface area contributed by atoms with E-state index in [1.54, 1.807) is 12.1 Å². The second-order valence-corrected chi connectivity index (χ2v) is 4.89. The first-order chi connectivity index (χ1) is 10.2. The molecule has 4 heteroatoms. The Hall–Kier alpha value is -1.94. The summed E-state index contributed by atoms with van der Waals surface area (Å²) in [6, 6.07) is 10.8. The monoisotopic (exact) mass is 287 g/mol. The fourth-order valence-electron chi connectivity index (χ4n) is 2.30. The van der Waals surface area contributed by atoms with Gasteiger partial charge in [0.1, 0.15) is 11.6 Å². The summed E-state index contributed by atoms with van der Waals surface area (Å²) in [7, 11) is 0. The van der Waals surface area contributed by atoms with Gasteiger partial charge in [0.2, 0.25) is 0 Å². The van der Waals surface area contributed by atoms with Crippen LogP contribution in [0.1, 0.15) is 25.1 Å². The highest BCUT2D eigenvalue weighted by Gasteiger charge is 2.13. The minimum Gasteiger partial charge on any atom is -0.324 e. The third-order valence-electron chi connectivity index (χ3n) is 3.48. The fourth-order valence-corrected chi connectivity index (χ4v) is 2.30. The van der Waals surface area contributed by atoms with Crippen LogP contribution in [0.4, 0.5) is 15.9 Å². The van der Waals surface area contributed by atoms with E-state index in [1.807, 2.05) is 30.9 Å². The highest BCUT2D eigenvalue weighted by Crippen LogP contribution is 2.26. The molecule has 21 heavy (non-hydrogen) atoms.